The predicted molar refractivity (Wildman–Crippen MR) is 104 cm³/mol. The minimum Gasteiger partial charge on any atom is -0.476 e. The van der Waals surface area contributed by atoms with Crippen LogP contribution in [0.1, 0.15) is 39.3 Å². The van der Waals surface area contributed by atoms with Crippen LogP contribution >= 0.6 is 0 Å². The van der Waals surface area contributed by atoms with Gasteiger partial charge in [0.05, 0.1) is 6.54 Å². The zero-order chi connectivity index (χ0) is 20.2. The number of aryl methyl sites for hydroxylation is 1. The molecule has 1 aliphatic rings. The Morgan fingerprint density at radius 3 is 2.62 bits per heavy atom. The largest absolute Gasteiger partial charge is 0.476 e. The molecule has 4 heterocycles. The van der Waals surface area contributed by atoms with Gasteiger partial charge in [-0.2, -0.15) is 5.10 Å². The Bertz CT molecular complexity index is 1020. The number of hydrogen-bond donors (Lipinski definition) is 1. The van der Waals surface area contributed by atoms with Gasteiger partial charge in [-0.3, -0.25) is 19.4 Å². The lowest BCUT2D eigenvalue weighted by atomic mass is 10.0. The molecule has 0 fully saturated rings. The molecular formula is C21H21N5O3. The van der Waals surface area contributed by atoms with E-state index in [1.54, 1.807) is 34.4 Å². The van der Waals surface area contributed by atoms with Crippen LogP contribution in [0.2, 0.25) is 0 Å². The fourth-order valence-corrected chi connectivity index (χ4v) is 3.62. The van der Waals surface area contributed by atoms with E-state index in [1.165, 1.54) is 0 Å². The lowest BCUT2D eigenvalue weighted by molar-refractivity contribution is -0.132. The van der Waals surface area contributed by atoms with Gasteiger partial charge in [0.25, 0.3) is 0 Å². The van der Waals surface area contributed by atoms with Gasteiger partial charge in [-0.15, -0.1) is 0 Å². The standard InChI is InChI=1S/C21H21N5O3/c27-19(4-3-15-2-1-8-23-12-15)25-11-7-18-17(14-25)20(21(28)29)24-26(18)13-16-5-9-22-10-6-16/h1-2,5-6,8-10,12H,3-4,7,11,13-14H2,(H,28,29). The number of aromatic carboxylic acids is 1. The number of hydrogen-bond acceptors (Lipinski definition) is 5. The Kier molecular flexibility index (Phi) is 5.33. The number of amides is 1. The molecule has 0 spiro atoms. The van der Waals surface area contributed by atoms with E-state index in [1.807, 2.05) is 24.3 Å². The number of carboxylic acid groups (broad SMARTS) is 1. The second-order valence-electron chi connectivity index (χ2n) is 7.02. The molecule has 0 unspecified atom stereocenters. The van der Waals surface area contributed by atoms with Crippen LogP contribution in [0.3, 0.4) is 0 Å². The first-order chi connectivity index (χ1) is 14.1. The van der Waals surface area contributed by atoms with Crippen molar-refractivity contribution in [3.8, 4) is 0 Å². The van der Waals surface area contributed by atoms with E-state index in [2.05, 4.69) is 15.1 Å². The Hall–Kier alpha value is -3.55. The van der Waals surface area contributed by atoms with Crippen molar-refractivity contribution in [2.45, 2.75) is 32.4 Å². The van der Waals surface area contributed by atoms with Crippen molar-refractivity contribution in [2.75, 3.05) is 6.54 Å². The predicted octanol–water partition coefficient (Wildman–Crippen LogP) is 1.94. The number of carboxylic acids is 1. The highest BCUT2D eigenvalue weighted by Crippen LogP contribution is 2.24. The summed E-state index contributed by atoms with van der Waals surface area (Å²) in [5.74, 6) is -1.06. The van der Waals surface area contributed by atoms with Crippen LogP contribution in [0.15, 0.2) is 49.1 Å². The summed E-state index contributed by atoms with van der Waals surface area (Å²) in [6.07, 6.45) is 8.43. The second-order valence-corrected chi connectivity index (χ2v) is 7.02. The maximum absolute atomic E-state index is 12.7. The maximum Gasteiger partial charge on any atom is 0.356 e. The van der Waals surface area contributed by atoms with E-state index in [-0.39, 0.29) is 18.1 Å². The molecule has 1 aliphatic heterocycles. The molecule has 8 nitrogen and oxygen atoms in total. The Morgan fingerprint density at radius 1 is 1.07 bits per heavy atom. The van der Waals surface area contributed by atoms with Crippen LogP contribution in [0.5, 0.6) is 0 Å². The highest BCUT2D eigenvalue weighted by atomic mass is 16.4. The van der Waals surface area contributed by atoms with Gasteiger partial charge in [0.15, 0.2) is 5.69 Å². The number of pyridine rings is 2. The SMILES string of the molecule is O=C(O)c1nn(Cc2ccncc2)c2c1CN(C(=O)CCc1cccnc1)CC2. The van der Waals surface area contributed by atoms with Crippen LogP contribution in [-0.4, -0.2) is 48.2 Å². The van der Waals surface area contributed by atoms with E-state index < -0.39 is 5.97 Å². The van der Waals surface area contributed by atoms with E-state index >= 15 is 0 Å². The first kappa shape index (κ1) is 18.8. The summed E-state index contributed by atoms with van der Waals surface area (Å²) >= 11 is 0. The number of aromatic nitrogens is 4. The fraction of sp³-hybridized carbons (Fsp3) is 0.286. The monoisotopic (exact) mass is 391 g/mol. The summed E-state index contributed by atoms with van der Waals surface area (Å²) < 4.78 is 1.74. The summed E-state index contributed by atoms with van der Waals surface area (Å²) in [4.78, 5) is 34.2. The van der Waals surface area contributed by atoms with Gasteiger partial charge in [0.1, 0.15) is 0 Å². The number of rotatable bonds is 6. The van der Waals surface area contributed by atoms with Crippen molar-refractivity contribution in [2.24, 2.45) is 0 Å². The highest BCUT2D eigenvalue weighted by Gasteiger charge is 2.29. The van der Waals surface area contributed by atoms with Gasteiger partial charge < -0.3 is 10.0 Å². The molecule has 8 heteroatoms. The highest BCUT2D eigenvalue weighted by molar-refractivity contribution is 5.88. The molecule has 3 aromatic heterocycles. The maximum atomic E-state index is 12.7. The van der Waals surface area contributed by atoms with Gasteiger partial charge in [-0.25, -0.2) is 4.79 Å². The molecule has 0 atom stereocenters. The summed E-state index contributed by atoms with van der Waals surface area (Å²) in [6, 6.07) is 7.56. The minimum absolute atomic E-state index is 0.0118. The lowest BCUT2D eigenvalue weighted by Gasteiger charge is -2.28. The first-order valence-corrected chi connectivity index (χ1v) is 9.49. The Labute approximate surface area is 167 Å². The van der Waals surface area contributed by atoms with Gasteiger partial charge >= 0.3 is 5.97 Å². The number of nitrogens with zero attached hydrogens (tertiary/aromatic N) is 5. The van der Waals surface area contributed by atoms with Crippen LogP contribution < -0.4 is 0 Å². The number of carbonyl (C=O) groups is 2. The summed E-state index contributed by atoms with van der Waals surface area (Å²) in [7, 11) is 0. The van der Waals surface area contributed by atoms with E-state index in [0.717, 1.165) is 16.8 Å². The van der Waals surface area contributed by atoms with Crippen molar-refractivity contribution in [3.05, 3.63) is 77.1 Å². The van der Waals surface area contributed by atoms with Gasteiger partial charge in [-0.05, 0) is 35.7 Å². The summed E-state index contributed by atoms with van der Waals surface area (Å²) in [5, 5.41) is 13.9. The third-order valence-electron chi connectivity index (χ3n) is 5.12. The van der Waals surface area contributed by atoms with Crippen molar-refractivity contribution >= 4 is 11.9 Å². The normalized spacial score (nSPS) is 13.2. The van der Waals surface area contributed by atoms with Crippen LogP contribution in [-0.2, 0) is 30.7 Å². The second kappa shape index (κ2) is 8.22. The molecule has 3 aromatic rings. The van der Waals surface area contributed by atoms with Crippen LogP contribution in [0.25, 0.3) is 0 Å². The zero-order valence-corrected chi connectivity index (χ0v) is 15.9. The molecule has 1 N–H and O–H groups in total. The van der Waals surface area contributed by atoms with Crippen LogP contribution in [0, 0.1) is 0 Å². The summed E-state index contributed by atoms with van der Waals surface area (Å²) in [6.45, 7) is 1.31. The molecule has 0 aliphatic carbocycles. The molecule has 0 saturated heterocycles. The smallest absolute Gasteiger partial charge is 0.356 e. The molecule has 29 heavy (non-hydrogen) atoms. The average Bonchev–Trinajstić information content (AvgIpc) is 3.11. The molecule has 0 bridgehead atoms. The lowest BCUT2D eigenvalue weighted by Crippen LogP contribution is -2.37. The van der Waals surface area contributed by atoms with Crippen molar-refractivity contribution < 1.29 is 14.7 Å². The quantitative estimate of drug-likeness (QED) is 0.689. The number of fused-ring (bicyclic) bond motifs is 1. The third kappa shape index (κ3) is 4.16. The summed E-state index contributed by atoms with van der Waals surface area (Å²) in [5.41, 5.74) is 3.55. The molecule has 0 radical (unpaired) electrons. The Balaban J connectivity index is 1.50. The van der Waals surface area contributed by atoms with Gasteiger partial charge in [0.2, 0.25) is 5.91 Å². The zero-order valence-electron chi connectivity index (χ0n) is 15.9. The molecule has 0 saturated carbocycles. The molecule has 4 rings (SSSR count). The molecular weight excluding hydrogens is 370 g/mol. The Morgan fingerprint density at radius 2 is 1.90 bits per heavy atom. The first-order valence-electron chi connectivity index (χ1n) is 9.49. The topological polar surface area (TPSA) is 101 Å². The molecule has 1 amide bonds. The minimum atomic E-state index is -1.07. The van der Waals surface area contributed by atoms with E-state index in [4.69, 9.17) is 0 Å². The van der Waals surface area contributed by atoms with Crippen LogP contribution in [0.4, 0.5) is 0 Å². The van der Waals surface area contributed by atoms with Crippen molar-refractivity contribution in [1.82, 2.24) is 24.6 Å². The van der Waals surface area contributed by atoms with Crippen molar-refractivity contribution in [3.63, 3.8) is 0 Å². The number of carbonyl (C=O) groups excluding carboxylic acids is 1. The molecule has 0 aromatic carbocycles. The van der Waals surface area contributed by atoms with E-state index in [9.17, 15) is 14.7 Å². The van der Waals surface area contributed by atoms with Crippen molar-refractivity contribution in [1.29, 1.82) is 0 Å². The van der Waals surface area contributed by atoms with E-state index in [0.29, 0.717) is 37.9 Å². The van der Waals surface area contributed by atoms with Gasteiger partial charge in [-0.1, -0.05) is 6.07 Å². The average molecular weight is 391 g/mol. The van der Waals surface area contributed by atoms with Gasteiger partial charge in [0, 0.05) is 62.0 Å². The molecule has 148 valence electrons. The third-order valence-corrected chi connectivity index (χ3v) is 5.12. The fourth-order valence-electron chi connectivity index (χ4n) is 3.62.